The summed E-state index contributed by atoms with van der Waals surface area (Å²) >= 11 is 0. The fourth-order valence-corrected chi connectivity index (χ4v) is 2.30. The van der Waals surface area contributed by atoms with Gasteiger partial charge in [0.15, 0.2) is 0 Å². The third kappa shape index (κ3) is 4.17. The number of aliphatic imine (C=N–C) groups is 1. The summed E-state index contributed by atoms with van der Waals surface area (Å²) in [6.45, 7) is 7.19. The molecule has 0 saturated carbocycles. The monoisotopic (exact) mass is 298 g/mol. The molecule has 0 radical (unpaired) electrons. The number of nitrogens with zero attached hydrogens (tertiary/aromatic N) is 2. The number of rotatable bonds is 5. The first kappa shape index (κ1) is 16.2. The van der Waals surface area contributed by atoms with Crippen molar-refractivity contribution < 1.29 is 4.39 Å². The first-order valence-electron chi connectivity index (χ1n) is 7.58. The van der Waals surface area contributed by atoms with Gasteiger partial charge in [-0.15, -0.1) is 0 Å². The lowest BCUT2D eigenvalue weighted by molar-refractivity contribution is 0.552. The molecule has 2 rings (SSSR count). The van der Waals surface area contributed by atoms with E-state index in [1.165, 1.54) is 28.8 Å². The number of hydrogen-bond acceptors (Lipinski definition) is 1. The van der Waals surface area contributed by atoms with Gasteiger partial charge in [-0.25, -0.2) is 9.38 Å². The SMILES string of the molecule is CCN(C)C=Nc1cc(C)cc(Cc2ccc(F)cc2)c1C. The molecular weight excluding hydrogens is 275 g/mol. The van der Waals surface area contributed by atoms with Crippen molar-refractivity contribution in [3.05, 3.63) is 64.5 Å². The minimum absolute atomic E-state index is 0.197. The van der Waals surface area contributed by atoms with Crippen molar-refractivity contribution in [1.29, 1.82) is 0 Å². The minimum Gasteiger partial charge on any atom is -0.366 e. The lowest BCUT2D eigenvalue weighted by Gasteiger charge is -2.12. The van der Waals surface area contributed by atoms with Gasteiger partial charge in [-0.1, -0.05) is 18.2 Å². The van der Waals surface area contributed by atoms with E-state index in [0.29, 0.717) is 0 Å². The Balaban J connectivity index is 2.30. The van der Waals surface area contributed by atoms with Gasteiger partial charge in [-0.2, -0.15) is 0 Å². The number of halogens is 1. The molecule has 0 aliphatic heterocycles. The molecule has 0 fully saturated rings. The fraction of sp³-hybridized carbons (Fsp3) is 0.316. The molecule has 2 aromatic rings. The van der Waals surface area contributed by atoms with E-state index in [1.807, 2.05) is 30.4 Å². The molecule has 2 aromatic carbocycles. The molecule has 0 N–H and O–H groups in total. The highest BCUT2D eigenvalue weighted by Gasteiger charge is 2.06. The summed E-state index contributed by atoms with van der Waals surface area (Å²) in [5, 5.41) is 0. The van der Waals surface area contributed by atoms with Crippen LogP contribution in [0.15, 0.2) is 41.4 Å². The van der Waals surface area contributed by atoms with Crippen molar-refractivity contribution in [1.82, 2.24) is 4.90 Å². The summed E-state index contributed by atoms with van der Waals surface area (Å²) in [4.78, 5) is 6.64. The molecular formula is C19H23FN2. The maximum Gasteiger partial charge on any atom is 0.123 e. The first-order chi connectivity index (χ1) is 10.5. The van der Waals surface area contributed by atoms with Crippen molar-refractivity contribution in [2.24, 2.45) is 4.99 Å². The molecule has 0 aromatic heterocycles. The molecule has 0 bridgehead atoms. The second kappa shape index (κ2) is 7.21. The van der Waals surface area contributed by atoms with Crippen LogP contribution in [0.5, 0.6) is 0 Å². The van der Waals surface area contributed by atoms with Crippen molar-refractivity contribution in [2.75, 3.05) is 13.6 Å². The van der Waals surface area contributed by atoms with E-state index in [1.54, 1.807) is 0 Å². The molecule has 22 heavy (non-hydrogen) atoms. The van der Waals surface area contributed by atoms with E-state index < -0.39 is 0 Å². The van der Waals surface area contributed by atoms with Crippen LogP contribution in [0.1, 0.15) is 29.2 Å². The van der Waals surface area contributed by atoms with E-state index in [0.717, 1.165) is 24.2 Å². The second-order valence-corrected chi connectivity index (χ2v) is 5.69. The lowest BCUT2D eigenvalue weighted by atomic mass is 9.97. The molecule has 0 aliphatic carbocycles. The molecule has 0 aliphatic rings. The zero-order valence-electron chi connectivity index (χ0n) is 13.7. The van der Waals surface area contributed by atoms with Gasteiger partial charge in [-0.3, -0.25) is 0 Å². The van der Waals surface area contributed by atoms with E-state index in [9.17, 15) is 4.39 Å². The van der Waals surface area contributed by atoms with Gasteiger partial charge in [0.1, 0.15) is 5.82 Å². The Kier molecular flexibility index (Phi) is 5.31. The molecule has 2 nitrogen and oxygen atoms in total. The fourth-order valence-electron chi connectivity index (χ4n) is 2.30. The van der Waals surface area contributed by atoms with Gasteiger partial charge in [-0.05, 0) is 67.6 Å². The van der Waals surface area contributed by atoms with Crippen LogP contribution >= 0.6 is 0 Å². The zero-order chi connectivity index (χ0) is 16.1. The Morgan fingerprint density at radius 1 is 1.14 bits per heavy atom. The van der Waals surface area contributed by atoms with Crippen LogP contribution in [0.3, 0.4) is 0 Å². The topological polar surface area (TPSA) is 15.6 Å². The highest BCUT2D eigenvalue weighted by molar-refractivity contribution is 5.64. The Morgan fingerprint density at radius 3 is 2.45 bits per heavy atom. The Bertz CT molecular complexity index is 660. The van der Waals surface area contributed by atoms with Crippen LogP contribution in [0.25, 0.3) is 0 Å². The molecule has 116 valence electrons. The van der Waals surface area contributed by atoms with Crippen LogP contribution in [0, 0.1) is 19.7 Å². The predicted octanol–water partition coefficient (Wildman–Crippen LogP) is 4.64. The van der Waals surface area contributed by atoms with Gasteiger partial charge in [0.05, 0.1) is 12.0 Å². The van der Waals surface area contributed by atoms with Crippen LogP contribution in [-0.2, 0) is 6.42 Å². The van der Waals surface area contributed by atoms with Crippen molar-refractivity contribution in [3.63, 3.8) is 0 Å². The number of hydrogen-bond donors (Lipinski definition) is 0. The zero-order valence-corrected chi connectivity index (χ0v) is 13.7. The van der Waals surface area contributed by atoms with Gasteiger partial charge >= 0.3 is 0 Å². The van der Waals surface area contributed by atoms with E-state index in [4.69, 9.17) is 0 Å². The third-order valence-electron chi connectivity index (χ3n) is 3.83. The standard InChI is InChI=1S/C19H23FN2/c1-5-22(4)13-21-19-11-14(2)10-17(15(19)3)12-16-6-8-18(20)9-7-16/h6-11,13H,5,12H2,1-4H3. The molecule has 0 spiro atoms. The molecule has 0 heterocycles. The first-order valence-corrected chi connectivity index (χ1v) is 7.58. The van der Waals surface area contributed by atoms with E-state index in [-0.39, 0.29) is 5.82 Å². The maximum atomic E-state index is 13.0. The minimum atomic E-state index is -0.197. The Hall–Kier alpha value is -2.16. The predicted molar refractivity (Wildman–Crippen MR) is 91.6 cm³/mol. The highest BCUT2D eigenvalue weighted by Crippen LogP contribution is 2.26. The molecule has 3 heteroatoms. The van der Waals surface area contributed by atoms with Gasteiger partial charge in [0.25, 0.3) is 0 Å². The van der Waals surface area contributed by atoms with Gasteiger partial charge in [0, 0.05) is 13.6 Å². The summed E-state index contributed by atoms with van der Waals surface area (Å²) in [6, 6.07) is 11.0. The molecule has 0 saturated heterocycles. The summed E-state index contributed by atoms with van der Waals surface area (Å²) in [6.07, 6.45) is 2.66. The molecule has 0 unspecified atom stereocenters. The second-order valence-electron chi connectivity index (χ2n) is 5.69. The third-order valence-corrected chi connectivity index (χ3v) is 3.83. The normalized spacial score (nSPS) is 11.1. The average Bonchev–Trinajstić information content (AvgIpc) is 2.50. The smallest absolute Gasteiger partial charge is 0.123 e. The number of benzene rings is 2. The quantitative estimate of drug-likeness (QED) is 0.580. The largest absolute Gasteiger partial charge is 0.366 e. The molecule has 0 atom stereocenters. The van der Waals surface area contributed by atoms with E-state index in [2.05, 4.69) is 37.9 Å². The maximum absolute atomic E-state index is 13.0. The van der Waals surface area contributed by atoms with Gasteiger partial charge < -0.3 is 4.90 Å². The number of aryl methyl sites for hydroxylation is 1. The Morgan fingerprint density at radius 2 is 1.82 bits per heavy atom. The average molecular weight is 298 g/mol. The highest BCUT2D eigenvalue weighted by atomic mass is 19.1. The lowest BCUT2D eigenvalue weighted by Crippen LogP contribution is -2.14. The van der Waals surface area contributed by atoms with Crippen LogP contribution in [0.2, 0.25) is 0 Å². The summed E-state index contributed by atoms with van der Waals surface area (Å²) in [5.41, 5.74) is 5.70. The van der Waals surface area contributed by atoms with E-state index >= 15 is 0 Å². The Labute approximate surface area is 132 Å². The summed E-state index contributed by atoms with van der Waals surface area (Å²) in [5.74, 6) is -0.197. The van der Waals surface area contributed by atoms with Crippen molar-refractivity contribution in [2.45, 2.75) is 27.2 Å². The van der Waals surface area contributed by atoms with Gasteiger partial charge in [0.2, 0.25) is 0 Å². The van der Waals surface area contributed by atoms with Crippen LogP contribution in [-0.4, -0.2) is 24.8 Å². The van der Waals surface area contributed by atoms with Crippen LogP contribution in [0.4, 0.5) is 10.1 Å². The van der Waals surface area contributed by atoms with Crippen molar-refractivity contribution >= 4 is 12.0 Å². The molecule has 0 amide bonds. The van der Waals surface area contributed by atoms with Crippen LogP contribution < -0.4 is 0 Å². The summed E-state index contributed by atoms with van der Waals surface area (Å²) in [7, 11) is 2.01. The summed E-state index contributed by atoms with van der Waals surface area (Å²) < 4.78 is 13.0. The van der Waals surface area contributed by atoms with Crippen molar-refractivity contribution in [3.8, 4) is 0 Å².